The summed E-state index contributed by atoms with van der Waals surface area (Å²) in [5.41, 5.74) is -0.719. The van der Waals surface area contributed by atoms with Crippen LogP contribution in [0, 0.1) is 0 Å². The molecule has 16 nitrogen and oxygen atoms in total. The molecule has 11 N–H and O–H groups in total. The van der Waals surface area contributed by atoms with Crippen molar-refractivity contribution >= 4 is 11.0 Å². The number of phenolic OH excluding ortho intramolecular Hbond substituents is 3. The van der Waals surface area contributed by atoms with Crippen molar-refractivity contribution in [3.05, 3.63) is 81.5 Å². The maximum atomic E-state index is 13.7. The zero-order valence-electron chi connectivity index (χ0n) is 26.1. The third-order valence-electron chi connectivity index (χ3n) is 8.99. The molecular formula is C34H36O16. The molecule has 0 radical (unpaired) electrons. The lowest BCUT2D eigenvalue weighted by Crippen LogP contribution is -2.60. The van der Waals surface area contributed by atoms with Crippen LogP contribution in [0.1, 0.15) is 22.8 Å². The van der Waals surface area contributed by atoms with E-state index >= 15 is 0 Å². The first kappa shape index (κ1) is 35.5. The second-order valence-electron chi connectivity index (χ2n) is 12.2. The lowest BCUT2D eigenvalue weighted by Gasteiger charge is -2.40. The third kappa shape index (κ3) is 6.38. The summed E-state index contributed by atoms with van der Waals surface area (Å²) in [6, 6.07) is 12.7. The molecule has 4 aromatic rings. The number of fused-ring (bicyclic) bond motifs is 1. The van der Waals surface area contributed by atoms with Crippen LogP contribution in [0.4, 0.5) is 0 Å². The molecule has 0 amide bonds. The number of rotatable bonds is 8. The van der Waals surface area contributed by atoms with Gasteiger partial charge in [0.25, 0.3) is 0 Å². The number of hydrogen-bond acceptors (Lipinski definition) is 16. The lowest BCUT2D eigenvalue weighted by atomic mass is 9.87. The smallest absolute Gasteiger partial charge is 0.229 e. The Hall–Kier alpha value is -4.33. The maximum absolute atomic E-state index is 13.7. The van der Waals surface area contributed by atoms with Crippen molar-refractivity contribution in [2.45, 2.75) is 67.6 Å². The van der Waals surface area contributed by atoms with Crippen molar-refractivity contribution in [2.24, 2.45) is 0 Å². The van der Waals surface area contributed by atoms with E-state index in [2.05, 4.69) is 0 Å². The number of hydrogen-bond donors (Lipinski definition) is 11. The molecule has 0 bridgehead atoms. The topological polar surface area (TPSA) is 280 Å². The predicted molar refractivity (Wildman–Crippen MR) is 169 cm³/mol. The van der Waals surface area contributed by atoms with Crippen LogP contribution in [0.3, 0.4) is 0 Å². The second-order valence-corrected chi connectivity index (χ2v) is 12.2. The van der Waals surface area contributed by atoms with E-state index in [0.717, 1.165) is 6.07 Å². The average molecular weight is 701 g/mol. The lowest BCUT2D eigenvalue weighted by molar-refractivity contribution is -0.277. The van der Waals surface area contributed by atoms with Gasteiger partial charge < -0.3 is 74.8 Å². The Balaban J connectivity index is 1.42. The summed E-state index contributed by atoms with van der Waals surface area (Å²) in [4.78, 5) is 13.7. The van der Waals surface area contributed by atoms with Crippen molar-refractivity contribution in [1.82, 2.24) is 0 Å². The maximum Gasteiger partial charge on any atom is 0.229 e. The van der Waals surface area contributed by atoms with E-state index in [1.807, 2.05) is 0 Å². The number of aliphatic hydroxyl groups excluding tert-OH is 8. The number of aromatic hydroxyl groups is 3. The van der Waals surface area contributed by atoms with E-state index in [1.54, 1.807) is 0 Å². The van der Waals surface area contributed by atoms with E-state index in [1.165, 1.54) is 48.5 Å². The van der Waals surface area contributed by atoms with Gasteiger partial charge in [0.1, 0.15) is 94.7 Å². The quantitative estimate of drug-likeness (QED) is 0.104. The summed E-state index contributed by atoms with van der Waals surface area (Å²) >= 11 is 0. The molecule has 2 saturated heterocycles. The number of ether oxygens (including phenoxy) is 3. The first-order valence-corrected chi connectivity index (χ1v) is 15.5. The van der Waals surface area contributed by atoms with Gasteiger partial charge in [0.2, 0.25) is 6.29 Å². The van der Waals surface area contributed by atoms with E-state index in [9.17, 15) is 61.0 Å². The molecule has 3 heterocycles. The van der Waals surface area contributed by atoms with Crippen LogP contribution in [-0.2, 0) is 15.9 Å². The summed E-state index contributed by atoms with van der Waals surface area (Å²) in [5.74, 6) is -1.43. The van der Waals surface area contributed by atoms with Crippen LogP contribution in [0.25, 0.3) is 22.3 Å². The number of phenols is 3. The highest BCUT2D eigenvalue weighted by atomic mass is 16.7. The molecule has 2 aliphatic heterocycles. The molecule has 0 spiro atoms. The Morgan fingerprint density at radius 2 is 1.28 bits per heavy atom. The monoisotopic (exact) mass is 700 g/mol. The number of aliphatic hydroxyl groups is 8. The minimum absolute atomic E-state index is 0.0202. The molecule has 2 fully saturated rings. The minimum Gasteiger partial charge on any atom is -0.508 e. The molecule has 50 heavy (non-hydrogen) atoms. The van der Waals surface area contributed by atoms with Crippen LogP contribution in [0.2, 0.25) is 0 Å². The van der Waals surface area contributed by atoms with E-state index < -0.39 is 102 Å². The molecule has 10 unspecified atom stereocenters. The van der Waals surface area contributed by atoms with Crippen LogP contribution in [-0.4, -0.2) is 125 Å². The molecule has 3 aromatic carbocycles. The second kappa shape index (κ2) is 14.1. The molecule has 16 heteroatoms. The molecule has 268 valence electrons. The first-order chi connectivity index (χ1) is 23.8. The van der Waals surface area contributed by atoms with Crippen LogP contribution in [0.15, 0.2) is 63.8 Å². The fraction of sp³-hybridized carbons (Fsp3) is 0.382. The van der Waals surface area contributed by atoms with Crippen molar-refractivity contribution in [3.8, 4) is 34.3 Å². The SMILES string of the molecule is O=c1cc(-c2ccc(OC3OC(CO)C(O)C(O)C3O)cc2)oc2c(Cc3ccc(O)cc3)c(O)c(C3OC(CO)C(O)C(O)C3O)c(O)c12. The molecule has 2 aliphatic rings. The highest BCUT2D eigenvalue weighted by Crippen LogP contribution is 2.47. The van der Waals surface area contributed by atoms with Crippen molar-refractivity contribution in [2.75, 3.05) is 13.2 Å². The van der Waals surface area contributed by atoms with Gasteiger partial charge in [-0.1, -0.05) is 12.1 Å². The van der Waals surface area contributed by atoms with Crippen molar-refractivity contribution < 1.29 is 74.8 Å². The molecule has 0 saturated carbocycles. The largest absolute Gasteiger partial charge is 0.508 e. The summed E-state index contributed by atoms with van der Waals surface area (Å²) in [5, 5.41) is 113. The van der Waals surface area contributed by atoms with Crippen LogP contribution < -0.4 is 10.2 Å². The zero-order valence-corrected chi connectivity index (χ0v) is 26.1. The van der Waals surface area contributed by atoms with Gasteiger partial charge in [-0.15, -0.1) is 0 Å². The predicted octanol–water partition coefficient (Wildman–Crippen LogP) is -1.14. The molecule has 6 rings (SSSR count). The molecule has 0 aliphatic carbocycles. The number of benzene rings is 3. The van der Waals surface area contributed by atoms with Gasteiger partial charge >= 0.3 is 0 Å². The van der Waals surface area contributed by atoms with Crippen molar-refractivity contribution in [3.63, 3.8) is 0 Å². The Morgan fingerprint density at radius 3 is 1.90 bits per heavy atom. The normalized spacial score (nSPS) is 30.0. The van der Waals surface area contributed by atoms with Gasteiger partial charge in [-0.25, -0.2) is 0 Å². The minimum atomic E-state index is -1.90. The van der Waals surface area contributed by atoms with Gasteiger partial charge in [-0.2, -0.15) is 0 Å². The van der Waals surface area contributed by atoms with Gasteiger partial charge in [0.05, 0.1) is 18.8 Å². The fourth-order valence-corrected chi connectivity index (χ4v) is 6.18. The molecular weight excluding hydrogens is 664 g/mol. The Morgan fingerprint density at radius 1 is 0.680 bits per heavy atom. The Bertz CT molecular complexity index is 1870. The van der Waals surface area contributed by atoms with Crippen LogP contribution in [0.5, 0.6) is 23.0 Å². The van der Waals surface area contributed by atoms with E-state index in [-0.39, 0.29) is 34.8 Å². The molecule has 10 atom stereocenters. The Kier molecular flexibility index (Phi) is 10.0. The standard InChI is InChI=1S/C34H36O16/c35-11-20-25(40)28(43)30(45)33(49-20)23-24(39)17(9-13-1-5-15(37)6-2-13)32-22(27(23)42)18(38)10-19(48-32)14-3-7-16(8-4-14)47-34-31(46)29(44)26(41)21(12-36)50-34/h1-8,10,20-21,25-26,28-31,33-37,39-46H,9,11-12H2. The summed E-state index contributed by atoms with van der Waals surface area (Å²) < 4.78 is 22.7. The van der Waals surface area contributed by atoms with Gasteiger partial charge in [0, 0.05) is 23.6 Å². The summed E-state index contributed by atoms with van der Waals surface area (Å²) in [6.45, 7) is -1.43. The molecule has 1 aromatic heterocycles. The first-order valence-electron chi connectivity index (χ1n) is 15.5. The average Bonchev–Trinajstić information content (AvgIpc) is 3.11. The highest BCUT2D eigenvalue weighted by Gasteiger charge is 2.47. The fourth-order valence-electron chi connectivity index (χ4n) is 6.18. The van der Waals surface area contributed by atoms with Gasteiger partial charge in [-0.05, 0) is 42.0 Å². The van der Waals surface area contributed by atoms with E-state index in [4.69, 9.17) is 18.6 Å². The van der Waals surface area contributed by atoms with Crippen molar-refractivity contribution in [1.29, 1.82) is 0 Å². The zero-order chi connectivity index (χ0) is 36.0. The van der Waals surface area contributed by atoms with Gasteiger partial charge in [-0.3, -0.25) is 4.79 Å². The van der Waals surface area contributed by atoms with Gasteiger partial charge in [0.15, 0.2) is 5.43 Å². The Labute approximate surface area is 282 Å². The van der Waals surface area contributed by atoms with E-state index in [0.29, 0.717) is 11.1 Å². The third-order valence-corrected chi connectivity index (χ3v) is 8.99. The van der Waals surface area contributed by atoms with Crippen LogP contribution >= 0.6 is 0 Å². The summed E-state index contributed by atoms with van der Waals surface area (Å²) in [7, 11) is 0. The summed E-state index contributed by atoms with van der Waals surface area (Å²) in [6.07, 6.45) is -16.2. The highest BCUT2D eigenvalue weighted by molar-refractivity contribution is 5.91.